The maximum Gasteiger partial charge on any atom is 0.586 e. The molecule has 0 bridgehead atoms. The summed E-state index contributed by atoms with van der Waals surface area (Å²) in [6.45, 7) is 2.85. The maximum absolute atomic E-state index is 13.7. The molecule has 0 spiro atoms. The predicted molar refractivity (Wildman–Crippen MR) is 166 cm³/mol. The third kappa shape index (κ3) is 6.93. The highest BCUT2D eigenvalue weighted by molar-refractivity contribution is 6.42. The van der Waals surface area contributed by atoms with E-state index in [9.17, 15) is 18.4 Å². The number of alkyl halides is 2. The highest BCUT2D eigenvalue weighted by Crippen LogP contribution is 2.42. The van der Waals surface area contributed by atoms with E-state index in [-0.39, 0.29) is 40.8 Å². The lowest BCUT2D eigenvalue weighted by molar-refractivity contribution is -0.286. The van der Waals surface area contributed by atoms with Crippen LogP contribution in [0.1, 0.15) is 66.8 Å². The number of nitrogens with one attached hydrogen (secondary N) is 1. The molecule has 240 valence electrons. The number of hydrogen-bond acceptors (Lipinski definition) is 6. The summed E-state index contributed by atoms with van der Waals surface area (Å²) in [6, 6.07) is 9.81. The number of carbonyl (C=O) groups excluding carboxylic acids is 2. The highest BCUT2D eigenvalue weighted by atomic mass is 35.5. The third-order valence-electron chi connectivity index (χ3n) is 9.16. The second-order valence-electron chi connectivity index (χ2n) is 12.3. The standard InChI is InChI=1S/C32H40Cl2F2N4O4/c1-38(2)30(42)31(13-15-37-16-14-31)40-17-5-4-6-24(40)10-7-23(21-8-11-25(33)26(34)18-21)20-39(3)29(41)22-9-12-27-28(19-22)44-32(35,36)43-27/h8-9,11-12,18-19,23-24,37H,4-7,10,13-17,20H2,1-3H3. The normalized spacial score (nSPS) is 21.5. The number of halogens is 4. The molecule has 2 fully saturated rings. The molecule has 5 rings (SSSR count). The van der Waals surface area contributed by atoms with Crippen LogP contribution in [0.5, 0.6) is 11.5 Å². The number of amides is 2. The Morgan fingerprint density at radius 2 is 1.75 bits per heavy atom. The van der Waals surface area contributed by atoms with Crippen LogP contribution in [0.3, 0.4) is 0 Å². The van der Waals surface area contributed by atoms with Gasteiger partial charge in [-0.3, -0.25) is 14.5 Å². The Bertz CT molecular complexity index is 1370. The number of benzene rings is 2. The third-order valence-corrected chi connectivity index (χ3v) is 9.90. The second-order valence-corrected chi connectivity index (χ2v) is 13.1. The fourth-order valence-electron chi connectivity index (χ4n) is 6.98. The number of carbonyl (C=O) groups is 2. The monoisotopic (exact) mass is 652 g/mol. The molecule has 2 unspecified atom stereocenters. The summed E-state index contributed by atoms with van der Waals surface area (Å²) in [5.41, 5.74) is 0.642. The Balaban J connectivity index is 1.36. The Morgan fingerprint density at radius 3 is 2.45 bits per heavy atom. The zero-order chi connectivity index (χ0) is 31.6. The summed E-state index contributed by atoms with van der Waals surface area (Å²) in [6.07, 6.45) is 2.53. The summed E-state index contributed by atoms with van der Waals surface area (Å²) in [4.78, 5) is 33.0. The minimum atomic E-state index is -3.76. The van der Waals surface area contributed by atoms with Crippen molar-refractivity contribution in [1.82, 2.24) is 20.0 Å². The molecule has 3 heterocycles. The summed E-state index contributed by atoms with van der Waals surface area (Å²) >= 11 is 12.7. The van der Waals surface area contributed by atoms with E-state index in [1.807, 2.05) is 26.2 Å². The minimum Gasteiger partial charge on any atom is -0.395 e. The van der Waals surface area contributed by atoms with Crippen molar-refractivity contribution in [2.24, 2.45) is 0 Å². The van der Waals surface area contributed by atoms with Gasteiger partial charge in [-0.25, -0.2) is 0 Å². The molecule has 12 heteroatoms. The van der Waals surface area contributed by atoms with Gasteiger partial charge in [0, 0.05) is 45.2 Å². The first-order valence-corrected chi connectivity index (χ1v) is 16.0. The number of ether oxygens (including phenoxy) is 2. The van der Waals surface area contributed by atoms with Gasteiger partial charge in [0.25, 0.3) is 5.91 Å². The van der Waals surface area contributed by atoms with Gasteiger partial charge in [0.05, 0.1) is 10.0 Å². The fraction of sp³-hybridized carbons (Fsp3) is 0.562. The van der Waals surface area contributed by atoms with E-state index in [4.69, 9.17) is 23.2 Å². The van der Waals surface area contributed by atoms with E-state index in [0.29, 0.717) is 16.6 Å². The van der Waals surface area contributed by atoms with Gasteiger partial charge in [-0.05, 0) is 94.1 Å². The first kappa shape index (κ1) is 32.7. The lowest BCUT2D eigenvalue weighted by atomic mass is 9.80. The van der Waals surface area contributed by atoms with Crippen LogP contribution >= 0.6 is 23.2 Å². The van der Waals surface area contributed by atoms with Gasteiger partial charge in [0.2, 0.25) is 5.91 Å². The number of rotatable bonds is 9. The number of fused-ring (bicyclic) bond motifs is 1. The van der Waals surface area contributed by atoms with Crippen LogP contribution in [0, 0.1) is 0 Å². The first-order chi connectivity index (χ1) is 20.9. The van der Waals surface area contributed by atoms with Crippen molar-refractivity contribution < 1.29 is 27.8 Å². The van der Waals surface area contributed by atoms with Crippen LogP contribution in [0.2, 0.25) is 10.0 Å². The molecule has 1 N–H and O–H groups in total. The van der Waals surface area contributed by atoms with Gasteiger partial charge in [-0.15, -0.1) is 8.78 Å². The summed E-state index contributed by atoms with van der Waals surface area (Å²) < 4.78 is 36.1. The van der Waals surface area contributed by atoms with Crippen molar-refractivity contribution in [3.63, 3.8) is 0 Å². The maximum atomic E-state index is 13.7. The Labute approximate surface area is 267 Å². The van der Waals surface area contributed by atoms with Crippen molar-refractivity contribution in [3.8, 4) is 11.5 Å². The van der Waals surface area contributed by atoms with E-state index in [1.54, 1.807) is 22.9 Å². The number of likely N-dealkylation sites (tertiary alicyclic amines) is 1. The van der Waals surface area contributed by atoms with Gasteiger partial charge in [-0.1, -0.05) is 35.7 Å². The molecule has 0 aromatic heterocycles. The molecule has 2 aromatic rings. The molecule has 2 aromatic carbocycles. The molecular weight excluding hydrogens is 613 g/mol. The zero-order valence-electron chi connectivity index (χ0n) is 25.4. The lowest BCUT2D eigenvalue weighted by Gasteiger charge is -2.51. The van der Waals surface area contributed by atoms with Crippen LogP contribution in [0.15, 0.2) is 36.4 Å². The highest BCUT2D eigenvalue weighted by Gasteiger charge is 2.48. The average Bonchev–Trinajstić information content (AvgIpc) is 3.33. The SMILES string of the molecule is CN(C)C(=O)C1(N2CCCCC2CCC(CN(C)C(=O)c2ccc3c(c2)OC(F)(F)O3)c2ccc(Cl)c(Cl)c2)CCNCC1. The van der Waals surface area contributed by atoms with Crippen LogP contribution in [0.25, 0.3) is 0 Å². The van der Waals surface area contributed by atoms with Crippen molar-refractivity contribution in [2.45, 2.75) is 68.7 Å². The largest absolute Gasteiger partial charge is 0.586 e. The van der Waals surface area contributed by atoms with Crippen LogP contribution in [0.4, 0.5) is 8.78 Å². The van der Waals surface area contributed by atoms with Crippen molar-refractivity contribution in [2.75, 3.05) is 47.3 Å². The summed E-state index contributed by atoms with van der Waals surface area (Å²) in [5, 5.41) is 4.31. The average molecular weight is 654 g/mol. The number of piperidine rings is 2. The van der Waals surface area contributed by atoms with E-state index >= 15 is 0 Å². The Hall–Kier alpha value is -2.66. The number of likely N-dealkylation sites (N-methyl/N-ethyl adjacent to an activating group) is 2. The Morgan fingerprint density at radius 1 is 1.02 bits per heavy atom. The molecule has 2 saturated heterocycles. The van der Waals surface area contributed by atoms with Crippen LogP contribution in [-0.2, 0) is 4.79 Å². The molecule has 2 amide bonds. The molecular formula is C32H40Cl2F2N4O4. The van der Waals surface area contributed by atoms with Gasteiger partial charge in [-0.2, -0.15) is 0 Å². The lowest BCUT2D eigenvalue weighted by Crippen LogP contribution is -2.66. The van der Waals surface area contributed by atoms with E-state index in [1.165, 1.54) is 18.2 Å². The van der Waals surface area contributed by atoms with Gasteiger partial charge in [0.1, 0.15) is 5.54 Å². The first-order valence-electron chi connectivity index (χ1n) is 15.2. The van der Waals surface area contributed by atoms with E-state index in [2.05, 4.69) is 19.7 Å². The summed E-state index contributed by atoms with van der Waals surface area (Å²) in [7, 11) is 5.37. The van der Waals surface area contributed by atoms with Gasteiger partial charge in [0.15, 0.2) is 11.5 Å². The fourth-order valence-corrected chi connectivity index (χ4v) is 7.29. The molecule has 44 heavy (non-hydrogen) atoms. The molecule has 0 radical (unpaired) electrons. The minimum absolute atomic E-state index is 0.0886. The molecule has 8 nitrogen and oxygen atoms in total. The van der Waals surface area contributed by atoms with Crippen LogP contribution in [-0.4, -0.2) is 91.7 Å². The number of nitrogens with zero attached hydrogens (tertiary/aromatic N) is 3. The van der Waals surface area contributed by atoms with Crippen molar-refractivity contribution in [3.05, 3.63) is 57.6 Å². The quantitative estimate of drug-likeness (QED) is 0.357. The van der Waals surface area contributed by atoms with E-state index in [0.717, 1.165) is 70.1 Å². The smallest absolute Gasteiger partial charge is 0.395 e. The molecule has 3 aliphatic heterocycles. The molecule has 3 aliphatic rings. The second kappa shape index (κ2) is 13.4. The van der Waals surface area contributed by atoms with Gasteiger partial charge >= 0.3 is 6.29 Å². The molecule has 0 saturated carbocycles. The Kier molecular flexibility index (Phi) is 9.94. The van der Waals surface area contributed by atoms with Crippen molar-refractivity contribution >= 4 is 35.0 Å². The van der Waals surface area contributed by atoms with Crippen LogP contribution < -0.4 is 14.8 Å². The van der Waals surface area contributed by atoms with E-state index < -0.39 is 11.8 Å². The molecule has 2 atom stereocenters. The zero-order valence-corrected chi connectivity index (χ0v) is 26.9. The predicted octanol–water partition coefficient (Wildman–Crippen LogP) is 6.02. The number of hydrogen-bond donors (Lipinski definition) is 1. The summed E-state index contributed by atoms with van der Waals surface area (Å²) in [5.74, 6) is -0.541. The molecule has 0 aliphatic carbocycles. The topological polar surface area (TPSA) is 74.4 Å². The van der Waals surface area contributed by atoms with Gasteiger partial charge < -0.3 is 24.6 Å². The van der Waals surface area contributed by atoms with Crippen molar-refractivity contribution in [1.29, 1.82) is 0 Å².